The summed E-state index contributed by atoms with van der Waals surface area (Å²) in [6, 6.07) is 2.05. The van der Waals surface area contributed by atoms with Crippen molar-refractivity contribution in [3.8, 4) is 0 Å². The third-order valence-corrected chi connectivity index (χ3v) is 6.14. The summed E-state index contributed by atoms with van der Waals surface area (Å²) >= 11 is 3.18. The van der Waals surface area contributed by atoms with E-state index in [2.05, 4.69) is 30.6 Å². The molecule has 2 aromatic rings. The van der Waals surface area contributed by atoms with Crippen LogP contribution in [0.4, 0.5) is 13.2 Å². The van der Waals surface area contributed by atoms with Crippen LogP contribution in [0.5, 0.6) is 0 Å². The lowest BCUT2D eigenvalue weighted by atomic mass is 10.0. The molecule has 0 aromatic carbocycles. The summed E-state index contributed by atoms with van der Waals surface area (Å²) in [5.74, 6) is -1.07. The zero-order valence-electron chi connectivity index (χ0n) is 14.9. The number of sulfone groups is 1. The Balaban J connectivity index is 2.41. The first-order chi connectivity index (χ1) is 13.0. The number of esters is 1. The minimum atomic E-state index is -4.71. The highest BCUT2D eigenvalue weighted by Gasteiger charge is 2.34. The second-order valence-electron chi connectivity index (χ2n) is 5.72. The van der Waals surface area contributed by atoms with E-state index >= 15 is 0 Å². The van der Waals surface area contributed by atoms with Crippen LogP contribution in [-0.2, 0) is 33.6 Å². The predicted molar refractivity (Wildman–Crippen MR) is 97.7 cm³/mol. The fraction of sp³-hybridized carbons (Fsp3) is 0.353. The monoisotopic (exact) mass is 480 g/mol. The largest absolute Gasteiger partial charge is 0.465 e. The van der Waals surface area contributed by atoms with Crippen LogP contribution in [0.15, 0.2) is 33.9 Å². The van der Waals surface area contributed by atoms with E-state index in [4.69, 9.17) is 0 Å². The second kappa shape index (κ2) is 8.56. The van der Waals surface area contributed by atoms with Crippen LogP contribution in [0.3, 0.4) is 0 Å². The zero-order valence-corrected chi connectivity index (χ0v) is 17.3. The number of hydrogen-bond donors (Lipinski definition) is 0. The molecule has 0 unspecified atom stereocenters. The van der Waals surface area contributed by atoms with Gasteiger partial charge in [0, 0.05) is 16.9 Å². The zero-order chi connectivity index (χ0) is 21.1. The van der Waals surface area contributed by atoms with Crippen LogP contribution < -0.4 is 0 Å². The van der Waals surface area contributed by atoms with Crippen LogP contribution in [-0.4, -0.2) is 37.2 Å². The molecular weight excluding hydrogens is 465 g/mol. The summed E-state index contributed by atoms with van der Waals surface area (Å²) in [5.41, 5.74) is -1.04. The van der Waals surface area contributed by atoms with Crippen molar-refractivity contribution in [3.05, 3.63) is 51.5 Å². The van der Waals surface area contributed by atoms with Gasteiger partial charge in [0.2, 0.25) is 0 Å². The van der Waals surface area contributed by atoms with Crippen LogP contribution in [0.25, 0.3) is 0 Å². The Labute approximate surface area is 168 Å². The van der Waals surface area contributed by atoms with E-state index in [1.165, 1.54) is 19.2 Å². The lowest BCUT2D eigenvalue weighted by Gasteiger charge is -2.13. The lowest BCUT2D eigenvalue weighted by molar-refractivity contribution is -0.141. The Morgan fingerprint density at radius 1 is 1.18 bits per heavy atom. The molecule has 0 amide bonds. The Kier molecular flexibility index (Phi) is 6.81. The van der Waals surface area contributed by atoms with Gasteiger partial charge in [0.1, 0.15) is 5.69 Å². The van der Waals surface area contributed by atoms with Crippen molar-refractivity contribution < 1.29 is 31.1 Å². The number of carbonyl (C=O) groups excluding carboxylic acids is 1. The SMILES string of the molecule is CCS(=O)(=O)c1cc(Br)cnc1CCc1cnc(C(F)(F)F)cc1C(=O)OC. The molecule has 0 bridgehead atoms. The summed E-state index contributed by atoms with van der Waals surface area (Å²) in [7, 11) is -2.50. The molecule has 2 rings (SSSR count). The van der Waals surface area contributed by atoms with Crippen molar-refractivity contribution in [2.45, 2.75) is 30.8 Å². The van der Waals surface area contributed by atoms with Gasteiger partial charge >= 0.3 is 12.1 Å². The summed E-state index contributed by atoms with van der Waals surface area (Å²) in [4.78, 5) is 19.4. The summed E-state index contributed by atoms with van der Waals surface area (Å²) in [5, 5.41) is 0. The molecule has 0 fully saturated rings. The Bertz CT molecular complexity index is 994. The number of rotatable bonds is 6. The maximum atomic E-state index is 12.9. The highest BCUT2D eigenvalue weighted by atomic mass is 79.9. The number of pyridine rings is 2. The first kappa shape index (κ1) is 22.3. The van der Waals surface area contributed by atoms with E-state index in [1.54, 1.807) is 0 Å². The van der Waals surface area contributed by atoms with Gasteiger partial charge in [-0.3, -0.25) is 9.97 Å². The van der Waals surface area contributed by atoms with Crippen molar-refractivity contribution in [2.75, 3.05) is 12.9 Å². The molecule has 11 heteroatoms. The van der Waals surface area contributed by atoms with Crippen LogP contribution in [0.2, 0.25) is 0 Å². The molecule has 6 nitrogen and oxygen atoms in total. The van der Waals surface area contributed by atoms with Gasteiger partial charge in [0.05, 0.1) is 29.0 Å². The summed E-state index contributed by atoms with van der Waals surface area (Å²) < 4.78 is 68.3. The van der Waals surface area contributed by atoms with E-state index < -0.39 is 27.7 Å². The van der Waals surface area contributed by atoms with Crippen molar-refractivity contribution in [1.82, 2.24) is 9.97 Å². The molecule has 0 saturated heterocycles. The smallest absolute Gasteiger partial charge is 0.433 e. The van der Waals surface area contributed by atoms with Crippen molar-refractivity contribution in [3.63, 3.8) is 0 Å². The first-order valence-corrected chi connectivity index (χ1v) is 10.5. The van der Waals surface area contributed by atoms with Gasteiger partial charge in [0.15, 0.2) is 9.84 Å². The van der Waals surface area contributed by atoms with Crippen LogP contribution in [0, 0.1) is 0 Å². The van der Waals surface area contributed by atoms with E-state index in [1.807, 2.05) is 0 Å². The quantitative estimate of drug-likeness (QED) is 0.586. The molecule has 0 N–H and O–H groups in total. The number of hydrogen-bond acceptors (Lipinski definition) is 6. The van der Waals surface area contributed by atoms with Gasteiger partial charge in [-0.15, -0.1) is 0 Å². The van der Waals surface area contributed by atoms with Gasteiger partial charge in [-0.25, -0.2) is 13.2 Å². The third-order valence-electron chi connectivity index (χ3n) is 3.93. The maximum absolute atomic E-state index is 12.9. The molecule has 0 spiro atoms. The second-order valence-corrected chi connectivity index (χ2v) is 8.88. The minimum Gasteiger partial charge on any atom is -0.465 e. The summed E-state index contributed by atoms with van der Waals surface area (Å²) in [6.45, 7) is 1.50. The predicted octanol–water partition coefficient (Wildman–Crippen LogP) is 3.62. The topological polar surface area (TPSA) is 86.2 Å². The lowest BCUT2D eigenvalue weighted by Crippen LogP contribution is -2.15. The van der Waals surface area contributed by atoms with Gasteiger partial charge in [-0.05, 0) is 46.5 Å². The standard InChI is InChI=1S/C17H16BrF3N2O4S/c1-3-28(25,26)14-6-11(18)9-22-13(14)5-4-10-8-23-15(17(19,20)21)7-12(10)16(24)27-2/h6-9H,3-5H2,1-2H3. The van der Waals surface area contributed by atoms with E-state index in [-0.39, 0.29) is 40.3 Å². The fourth-order valence-electron chi connectivity index (χ4n) is 2.45. The van der Waals surface area contributed by atoms with Crippen LogP contribution in [0.1, 0.15) is 34.2 Å². The maximum Gasteiger partial charge on any atom is 0.433 e. The number of halogens is 4. The van der Waals surface area contributed by atoms with Crippen molar-refractivity contribution in [1.29, 1.82) is 0 Å². The fourth-order valence-corrected chi connectivity index (χ4v) is 4.07. The molecular formula is C17H16BrF3N2O4S. The Morgan fingerprint density at radius 3 is 2.43 bits per heavy atom. The van der Waals surface area contributed by atoms with Crippen molar-refractivity contribution >= 4 is 31.7 Å². The molecule has 0 aliphatic carbocycles. The van der Waals surface area contributed by atoms with Crippen LogP contribution >= 0.6 is 15.9 Å². The Hall–Kier alpha value is -2.01. The molecule has 2 heterocycles. The summed E-state index contributed by atoms with van der Waals surface area (Å²) in [6.07, 6.45) is -2.20. The first-order valence-electron chi connectivity index (χ1n) is 8.01. The average molecular weight is 481 g/mol. The van der Waals surface area contributed by atoms with Gasteiger partial charge in [0.25, 0.3) is 0 Å². The average Bonchev–Trinajstić information content (AvgIpc) is 2.65. The van der Waals surface area contributed by atoms with Gasteiger partial charge in [-0.1, -0.05) is 6.92 Å². The van der Waals surface area contributed by atoms with E-state index in [0.717, 1.165) is 13.3 Å². The normalized spacial score (nSPS) is 12.1. The number of aryl methyl sites for hydroxylation is 2. The molecule has 0 radical (unpaired) electrons. The molecule has 0 aliphatic rings. The molecule has 0 atom stereocenters. The third kappa shape index (κ3) is 5.07. The minimum absolute atomic E-state index is 0.0314. The van der Waals surface area contributed by atoms with E-state index in [0.29, 0.717) is 10.5 Å². The van der Waals surface area contributed by atoms with Gasteiger partial charge < -0.3 is 4.74 Å². The number of methoxy groups -OCH3 is 1. The molecule has 152 valence electrons. The highest BCUT2D eigenvalue weighted by molar-refractivity contribution is 9.10. The van der Waals surface area contributed by atoms with E-state index in [9.17, 15) is 26.4 Å². The Morgan fingerprint density at radius 2 is 1.86 bits per heavy atom. The number of ether oxygens (including phenoxy) is 1. The van der Waals surface area contributed by atoms with Gasteiger partial charge in [-0.2, -0.15) is 13.2 Å². The number of carbonyl (C=O) groups is 1. The molecule has 0 saturated carbocycles. The highest BCUT2D eigenvalue weighted by Crippen LogP contribution is 2.29. The number of nitrogens with zero attached hydrogens (tertiary/aromatic N) is 2. The number of aromatic nitrogens is 2. The number of alkyl halides is 3. The van der Waals surface area contributed by atoms with Crippen molar-refractivity contribution in [2.24, 2.45) is 0 Å². The molecule has 28 heavy (non-hydrogen) atoms. The molecule has 2 aromatic heterocycles. The molecule has 0 aliphatic heterocycles.